The quantitative estimate of drug-likeness (QED) is 0.471. The molecular weight excluding hydrogens is 264 g/mol. The van der Waals surface area contributed by atoms with Crippen LogP contribution in [0, 0.1) is 18.8 Å². The van der Waals surface area contributed by atoms with E-state index in [4.69, 9.17) is 9.47 Å². The maximum absolute atomic E-state index is 11.3. The van der Waals surface area contributed by atoms with Crippen molar-refractivity contribution in [1.82, 2.24) is 0 Å². The fourth-order valence-electron chi connectivity index (χ4n) is 3.36. The van der Waals surface area contributed by atoms with Crippen LogP contribution in [0.2, 0.25) is 0 Å². The summed E-state index contributed by atoms with van der Waals surface area (Å²) in [6.45, 7) is 2.75. The van der Waals surface area contributed by atoms with Crippen molar-refractivity contribution in [3.8, 4) is 5.75 Å². The molecule has 3 nitrogen and oxygen atoms in total. The first-order valence-electron chi connectivity index (χ1n) is 7.78. The molecule has 0 bridgehead atoms. The minimum absolute atomic E-state index is 0.0223. The first-order chi connectivity index (χ1) is 10.2. The van der Waals surface area contributed by atoms with E-state index in [-0.39, 0.29) is 12.1 Å². The molecule has 0 aromatic heterocycles. The Labute approximate surface area is 125 Å². The molecule has 3 heteroatoms. The van der Waals surface area contributed by atoms with E-state index in [0.717, 1.165) is 25.0 Å². The number of allylic oxidation sites excluding steroid dienone is 1. The SMILES string of the molecule is Cc1cccc(OCC/C=C/C2CC[C@@H]3OC(=O)C[C@H]23)c1. The number of aryl methyl sites for hydroxylation is 1. The standard InChI is InChI=1S/C18H22O3/c1-13-5-4-7-15(11-13)20-10-3-2-6-14-8-9-17-16(14)12-18(19)21-17/h2,4-7,11,14,16-17H,3,8-10,12H2,1H3/b6-2+/t14?,16-,17+/m1/s1. The third kappa shape index (κ3) is 3.46. The number of hydrogen-bond donors (Lipinski definition) is 0. The molecule has 21 heavy (non-hydrogen) atoms. The van der Waals surface area contributed by atoms with Crippen molar-refractivity contribution in [2.24, 2.45) is 11.8 Å². The lowest BCUT2D eigenvalue weighted by Gasteiger charge is -2.11. The fraction of sp³-hybridized carbons (Fsp3) is 0.500. The lowest BCUT2D eigenvalue weighted by molar-refractivity contribution is -0.141. The van der Waals surface area contributed by atoms with Gasteiger partial charge < -0.3 is 9.47 Å². The molecular formula is C18H22O3. The topological polar surface area (TPSA) is 35.5 Å². The monoisotopic (exact) mass is 286 g/mol. The van der Waals surface area contributed by atoms with Crippen LogP contribution in [0.15, 0.2) is 36.4 Å². The number of esters is 1. The molecule has 0 radical (unpaired) electrons. The van der Waals surface area contributed by atoms with Crippen LogP contribution in [-0.2, 0) is 9.53 Å². The summed E-state index contributed by atoms with van der Waals surface area (Å²) in [5, 5.41) is 0. The fourth-order valence-corrected chi connectivity index (χ4v) is 3.36. The van der Waals surface area contributed by atoms with Crippen LogP contribution in [0.3, 0.4) is 0 Å². The lowest BCUT2D eigenvalue weighted by Crippen LogP contribution is -2.12. The van der Waals surface area contributed by atoms with Crippen LogP contribution in [0.4, 0.5) is 0 Å². The van der Waals surface area contributed by atoms with Crippen LogP contribution in [-0.4, -0.2) is 18.7 Å². The Bertz CT molecular complexity index is 535. The molecule has 112 valence electrons. The highest BCUT2D eigenvalue weighted by atomic mass is 16.6. The van der Waals surface area contributed by atoms with Crippen LogP contribution < -0.4 is 4.74 Å². The normalized spacial score (nSPS) is 27.9. The van der Waals surface area contributed by atoms with Gasteiger partial charge in [-0.3, -0.25) is 4.79 Å². The number of benzene rings is 1. The highest BCUT2D eigenvalue weighted by Gasteiger charge is 2.43. The van der Waals surface area contributed by atoms with E-state index < -0.39 is 0 Å². The smallest absolute Gasteiger partial charge is 0.306 e. The molecule has 3 rings (SSSR count). The van der Waals surface area contributed by atoms with E-state index in [1.165, 1.54) is 5.56 Å². The zero-order valence-corrected chi connectivity index (χ0v) is 12.5. The zero-order valence-electron chi connectivity index (χ0n) is 12.5. The van der Waals surface area contributed by atoms with E-state index >= 15 is 0 Å². The van der Waals surface area contributed by atoms with Crippen LogP contribution in [0.25, 0.3) is 0 Å². The van der Waals surface area contributed by atoms with Crippen molar-refractivity contribution < 1.29 is 14.3 Å². The van der Waals surface area contributed by atoms with Gasteiger partial charge in [0.25, 0.3) is 0 Å². The molecule has 1 saturated heterocycles. The Morgan fingerprint density at radius 1 is 1.38 bits per heavy atom. The Morgan fingerprint density at radius 2 is 2.29 bits per heavy atom. The van der Waals surface area contributed by atoms with E-state index in [2.05, 4.69) is 25.1 Å². The molecule has 0 amide bonds. The maximum Gasteiger partial charge on any atom is 0.306 e. The van der Waals surface area contributed by atoms with E-state index in [1.54, 1.807) is 0 Å². The van der Waals surface area contributed by atoms with E-state index in [0.29, 0.717) is 24.9 Å². The Hall–Kier alpha value is -1.77. The number of ether oxygens (including phenoxy) is 2. The van der Waals surface area contributed by atoms with E-state index in [1.807, 2.05) is 18.2 Å². The minimum Gasteiger partial charge on any atom is -0.493 e. The summed E-state index contributed by atoms with van der Waals surface area (Å²) in [4.78, 5) is 11.3. The highest BCUT2D eigenvalue weighted by Crippen LogP contribution is 2.41. The Balaban J connectivity index is 1.42. The molecule has 2 fully saturated rings. The van der Waals surface area contributed by atoms with Crippen molar-refractivity contribution in [2.75, 3.05) is 6.61 Å². The predicted molar refractivity (Wildman–Crippen MR) is 81.1 cm³/mol. The first-order valence-corrected chi connectivity index (χ1v) is 7.78. The van der Waals surface area contributed by atoms with Crippen LogP contribution in [0.5, 0.6) is 5.75 Å². The van der Waals surface area contributed by atoms with Crippen molar-refractivity contribution in [2.45, 2.75) is 38.7 Å². The second-order valence-corrected chi connectivity index (χ2v) is 6.02. The third-order valence-corrected chi connectivity index (χ3v) is 4.42. The van der Waals surface area contributed by atoms with Gasteiger partial charge in [0, 0.05) is 5.92 Å². The molecule has 1 aliphatic carbocycles. The Kier molecular flexibility index (Phi) is 4.28. The lowest BCUT2D eigenvalue weighted by atomic mass is 9.93. The zero-order chi connectivity index (χ0) is 14.7. The summed E-state index contributed by atoms with van der Waals surface area (Å²) >= 11 is 0. The minimum atomic E-state index is -0.0223. The maximum atomic E-state index is 11.3. The van der Waals surface area contributed by atoms with Crippen molar-refractivity contribution in [3.63, 3.8) is 0 Å². The molecule has 1 aliphatic heterocycles. The second-order valence-electron chi connectivity index (χ2n) is 6.02. The van der Waals surface area contributed by atoms with Gasteiger partial charge in [-0.2, -0.15) is 0 Å². The number of hydrogen-bond acceptors (Lipinski definition) is 3. The van der Waals surface area contributed by atoms with E-state index in [9.17, 15) is 4.79 Å². The van der Waals surface area contributed by atoms with Gasteiger partial charge in [-0.1, -0.05) is 24.3 Å². The predicted octanol–water partition coefficient (Wildman–Crippen LogP) is 3.66. The van der Waals surface area contributed by atoms with Crippen molar-refractivity contribution >= 4 is 5.97 Å². The van der Waals surface area contributed by atoms with Crippen LogP contribution in [0.1, 0.15) is 31.2 Å². The largest absolute Gasteiger partial charge is 0.493 e. The van der Waals surface area contributed by atoms with Crippen molar-refractivity contribution in [1.29, 1.82) is 0 Å². The van der Waals surface area contributed by atoms with Gasteiger partial charge in [-0.15, -0.1) is 0 Å². The van der Waals surface area contributed by atoms with Crippen molar-refractivity contribution in [3.05, 3.63) is 42.0 Å². The number of carbonyl (C=O) groups excluding carboxylic acids is 1. The van der Waals surface area contributed by atoms with Gasteiger partial charge in [0.2, 0.25) is 0 Å². The molecule has 2 aliphatic rings. The second kappa shape index (κ2) is 6.33. The number of rotatable bonds is 5. The van der Waals surface area contributed by atoms with Crippen LogP contribution >= 0.6 is 0 Å². The molecule has 1 unspecified atom stereocenters. The summed E-state index contributed by atoms with van der Waals surface area (Å²) in [6, 6.07) is 8.11. The summed E-state index contributed by atoms with van der Waals surface area (Å²) in [5.41, 5.74) is 1.21. The molecule has 1 saturated carbocycles. The average molecular weight is 286 g/mol. The summed E-state index contributed by atoms with van der Waals surface area (Å²) in [7, 11) is 0. The highest BCUT2D eigenvalue weighted by molar-refractivity contribution is 5.72. The summed E-state index contributed by atoms with van der Waals surface area (Å²) < 4.78 is 11.0. The van der Waals surface area contributed by atoms with Gasteiger partial charge >= 0.3 is 5.97 Å². The molecule has 1 heterocycles. The molecule has 1 aromatic carbocycles. The Morgan fingerprint density at radius 3 is 3.14 bits per heavy atom. The third-order valence-electron chi connectivity index (χ3n) is 4.42. The average Bonchev–Trinajstić information content (AvgIpc) is 2.98. The first kappa shape index (κ1) is 14.2. The summed E-state index contributed by atoms with van der Waals surface area (Å²) in [5.74, 6) is 1.82. The van der Waals surface area contributed by atoms with Gasteiger partial charge in [0.05, 0.1) is 13.0 Å². The molecule has 0 spiro atoms. The van der Waals surface area contributed by atoms with Gasteiger partial charge in [0.15, 0.2) is 0 Å². The van der Waals surface area contributed by atoms with Gasteiger partial charge in [0.1, 0.15) is 11.9 Å². The molecule has 3 atom stereocenters. The summed E-state index contributed by atoms with van der Waals surface area (Å²) in [6.07, 6.45) is 8.27. The number of fused-ring (bicyclic) bond motifs is 1. The van der Waals surface area contributed by atoms with Gasteiger partial charge in [-0.05, 0) is 49.8 Å². The molecule has 1 aromatic rings. The molecule has 0 N–H and O–H groups in total. The van der Waals surface area contributed by atoms with Gasteiger partial charge in [-0.25, -0.2) is 0 Å². The number of carbonyl (C=O) groups is 1.